The molecule has 0 unspecified atom stereocenters. The molecule has 38 heavy (non-hydrogen) atoms. The highest BCUT2D eigenvalue weighted by Crippen LogP contribution is 2.32. The van der Waals surface area contributed by atoms with Gasteiger partial charge in [0.05, 0.1) is 17.6 Å². The second-order valence-corrected chi connectivity index (χ2v) is 9.66. The molecule has 0 bridgehead atoms. The van der Waals surface area contributed by atoms with E-state index in [1.54, 1.807) is 0 Å². The second kappa shape index (κ2) is 9.20. The molecule has 1 heterocycles. The maximum absolute atomic E-state index is 5.06. The summed E-state index contributed by atoms with van der Waals surface area (Å²) in [5.41, 5.74) is 5.65. The second-order valence-electron chi connectivity index (χ2n) is 9.66. The van der Waals surface area contributed by atoms with Crippen LogP contribution >= 0.6 is 0 Å². The minimum absolute atomic E-state index is 0.940. The van der Waals surface area contributed by atoms with Crippen LogP contribution in [0, 0.1) is 0 Å². The maximum Gasteiger partial charge on any atom is 0.0659 e. The summed E-state index contributed by atoms with van der Waals surface area (Å²) in [6, 6.07) is 45.2. The van der Waals surface area contributed by atoms with Crippen LogP contribution in [-0.4, -0.2) is 10.8 Å². The molecule has 0 atom stereocenters. The first-order valence-corrected chi connectivity index (χ1v) is 13.1. The molecule has 0 aliphatic heterocycles. The van der Waals surface area contributed by atoms with Crippen LogP contribution in [0.4, 0.5) is 11.4 Å². The average molecular weight is 490 g/mol. The summed E-state index contributed by atoms with van der Waals surface area (Å²) in [6.45, 7) is 3.14. The van der Waals surface area contributed by atoms with Crippen molar-refractivity contribution in [3.8, 4) is 0 Å². The monoisotopic (exact) mass is 489 g/mol. The summed E-state index contributed by atoms with van der Waals surface area (Å²) in [6.07, 6.45) is 1.97. The molecular formula is C35H27N3. The zero-order chi connectivity index (χ0) is 25.5. The van der Waals surface area contributed by atoms with Crippen molar-refractivity contribution in [1.82, 2.24) is 4.57 Å². The quantitative estimate of drug-likeness (QED) is 0.174. The van der Waals surface area contributed by atoms with Crippen molar-refractivity contribution in [2.24, 2.45) is 5.10 Å². The van der Waals surface area contributed by atoms with Gasteiger partial charge in [-0.1, -0.05) is 84.9 Å². The highest BCUT2D eigenvalue weighted by molar-refractivity contribution is 6.09. The highest BCUT2D eigenvalue weighted by Gasteiger charge is 2.12. The number of fused-ring (bicyclic) bond motifs is 5. The lowest BCUT2D eigenvalue weighted by Gasteiger charge is -2.20. The molecule has 0 spiro atoms. The van der Waals surface area contributed by atoms with Gasteiger partial charge in [-0.25, -0.2) is 5.01 Å². The van der Waals surface area contributed by atoms with Gasteiger partial charge in [-0.3, -0.25) is 0 Å². The topological polar surface area (TPSA) is 20.5 Å². The van der Waals surface area contributed by atoms with E-state index < -0.39 is 0 Å². The summed E-state index contributed by atoms with van der Waals surface area (Å²) in [4.78, 5) is 0. The fourth-order valence-corrected chi connectivity index (χ4v) is 5.52. The third kappa shape index (κ3) is 3.80. The Hall–Kier alpha value is -4.89. The van der Waals surface area contributed by atoms with Crippen molar-refractivity contribution < 1.29 is 0 Å². The average Bonchev–Trinajstić information content (AvgIpc) is 3.30. The van der Waals surface area contributed by atoms with Gasteiger partial charge in [0, 0.05) is 28.4 Å². The summed E-state index contributed by atoms with van der Waals surface area (Å²) >= 11 is 0. The van der Waals surface area contributed by atoms with Crippen molar-refractivity contribution in [3.05, 3.63) is 133 Å². The van der Waals surface area contributed by atoms with E-state index in [1.165, 1.54) is 43.4 Å². The Morgan fingerprint density at radius 2 is 1.16 bits per heavy atom. The number of aryl methyl sites for hydroxylation is 1. The van der Waals surface area contributed by atoms with Gasteiger partial charge in [-0.15, -0.1) is 0 Å². The van der Waals surface area contributed by atoms with Gasteiger partial charge in [0.25, 0.3) is 0 Å². The van der Waals surface area contributed by atoms with Gasteiger partial charge in [0.2, 0.25) is 0 Å². The molecule has 0 radical (unpaired) electrons. The number of hydrogen-bond donors (Lipinski definition) is 0. The lowest BCUT2D eigenvalue weighted by atomic mass is 10.1. The highest BCUT2D eigenvalue weighted by atomic mass is 15.5. The van der Waals surface area contributed by atoms with Gasteiger partial charge in [-0.2, -0.15) is 5.10 Å². The van der Waals surface area contributed by atoms with E-state index in [0.717, 1.165) is 23.5 Å². The molecule has 1 aromatic heterocycles. The number of para-hydroxylation sites is 1. The van der Waals surface area contributed by atoms with E-state index in [0.29, 0.717) is 0 Å². The van der Waals surface area contributed by atoms with Gasteiger partial charge < -0.3 is 4.57 Å². The first kappa shape index (κ1) is 22.3. The Bertz CT molecular complexity index is 1900. The van der Waals surface area contributed by atoms with Gasteiger partial charge in [0.1, 0.15) is 0 Å². The molecule has 0 fully saturated rings. The predicted octanol–water partition coefficient (Wildman–Crippen LogP) is 9.29. The largest absolute Gasteiger partial charge is 0.341 e. The van der Waals surface area contributed by atoms with Crippen molar-refractivity contribution in [2.75, 3.05) is 5.01 Å². The summed E-state index contributed by atoms with van der Waals surface area (Å²) in [7, 11) is 0. The van der Waals surface area contributed by atoms with Crippen LogP contribution in [0.2, 0.25) is 0 Å². The molecule has 7 aromatic rings. The van der Waals surface area contributed by atoms with E-state index in [4.69, 9.17) is 5.10 Å². The van der Waals surface area contributed by atoms with E-state index in [2.05, 4.69) is 139 Å². The molecule has 182 valence electrons. The molecule has 0 saturated carbocycles. The van der Waals surface area contributed by atoms with Crippen LogP contribution in [-0.2, 0) is 6.54 Å². The van der Waals surface area contributed by atoms with Crippen molar-refractivity contribution >= 4 is 60.9 Å². The minimum atomic E-state index is 0.940. The lowest BCUT2D eigenvalue weighted by molar-refractivity contribution is 0.827. The number of anilines is 2. The van der Waals surface area contributed by atoms with Crippen molar-refractivity contribution in [3.63, 3.8) is 0 Å². The Kier molecular flexibility index (Phi) is 5.41. The van der Waals surface area contributed by atoms with Crippen LogP contribution < -0.4 is 5.01 Å². The van der Waals surface area contributed by atoms with E-state index >= 15 is 0 Å². The summed E-state index contributed by atoms with van der Waals surface area (Å²) < 4.78 is 2.38. The molecule has 0 aliphatic carbocycles. The fraction of sp³-hybridized carbons (Fsp3) is 0.0571. The molecule has 0 amide bonds. The molecular weight excluding hydrogens is 462 g/mol. The summed E-state index contributed by atoms with van der Waals surface area (Å²) in [5.74, 6) is 0. The fourth-order valence-electron chi connectivity index (χ4n) is 5.52. The first-order chi connectivity index (χ1) is 18.8. The number of hydrazone groups is 1. The number of rotatable bonds is 5. The number of benzene rings is 6. The van der Waals surface area contributed by atoms with Gasteiger partial charge in [-0.05, 0) is 76.5 Å². The zero-order valence-electron chi connectivity index (χ0n) is 21.3. The van der Waals surface area contributed by atoms with Crippen LogP contribution in [0.3, 0.4) is 0 Å². The van der Waals surface area contributed by atoms with Crippen molar-refractivity contribution in [2.45, 2.75) is 13.5 Å². The van der Waals surface area contributed by atoms with Crippen LogP contribution in [0.1, 0.15) is 12.5 Å². The normalized spacial score (nSPS) is 11.8. The molecule has 0 N–H and O–H groups in total. The third-order valence-electron chi connectivity index (χ3n) is 7.39. The molecule has 6 aromatic carbocycles. The Morgan fingerprint density at radius 1 is 0.579 bits per heavy atom. The molecule has 0 aliphatic rings. The van der Waals surface area contributed by atoms with E-state index in [1.807, 2.05) is 11.2 Å². The molecule has 3 nitrogen and oxygen atoms in total. The molecule has 7 rings (SSSR count). The number of hydrogen-bond acceptors (Lipinski definition) is 2. The van der Waals surface area contributed by atoms with E-state index in [-0.39, 0.29) is 0 Å². The first-order valence-electron chi connectivity index (χ1n) is 13.1. The molecule has 0 saturated heterocycles. The van der Waals surface area contributed by atoms with Crippen LogP contribution in [0.15, 0.2) is 132 Å². The van der Waals surface area contributed by atoms with E-state index in [9.17, 15) is 0 Å². The Labute approximate surface area is 221 Å². The van der Waals surface area contributed by atoms with Crippen LogP contribution in [0.25, 0.3) is 43.4 Å². The summed E-state index contributed by atoms with van der Waals surface area (Å²) in [5, 5.41) is 14.5. The lowest BCUT2D eigenvalue weighted by Crippen LogP contribution is -2.09. The van der Waals surface area contributed by atoms with Crippen LogP contribution in [0.5, 0.6) is 0 Å². The standard InChI is InChI=1S/C35H27N3/c1-2-37-34-14-8-7-13-32(34)33-21-25(15-20-35(33)37)24-36-38(30-18-16-26-9-3-5-11-28(26)22-30)31-19-17-27-10-4-6-12-29(27)23-31/h3-24H,2H2,1H3. The predicted molar refractivity (Wildman–Crippen MR) is 163 cm³/mol. The Balaban J connectivity index is 1.36. The minimum Gasteiger partial charge on any atom is -0.341 e. The third-order valence-corrected chi connectivity index (χ3v) is 7.39. The maximum atomic E-state index is 5.06. The van der Waals surface area contributed by atoms with Gasteiger partial charge in [0.15, 0.2) is 0 Å². The Morgan fingerprint density at radius 3 is 1.82 bits per heavy atom. The molecule has 3 heteroatoms. The SMILES string of the molecule is CCn1c2ccccc2c2cc(C=NN(c3ccc4ccccc4c3)c3ccc4ccccc4c3)ccc21. The number of aromatic nitrogens is 1. The van der Waals surface area contributed by atoms with Gasteiger partial charge >= 0.3 is 0 Å². The van der Waals surface area contributed by atoms with Crippen molar-refractivity contribution in [1.29, 1.82) is 0 Å². The number of nitrogens with zero attached hydrogens (tertiary/aromatic N) is 3. The smallest absolute Gasteiger partial charge is 0.0659 e. The zero-order valence-corrected chi connectivity index (χ0v) is 21.3.